The van der Waals surface area contributed by atoms with Crippen LogP contribution >= 0.6 is 0 Å². The average molecular weight is 253 g/mol. The molecule has 1 aliphatic rings. The van der Waals surface area contributed by atoms with Crippen molar-refractivity contribution in [2.45, 2.75) is 45.1 Å². The number of nitrogens with one attached hydrogen (secondary N) is 2. The molecule has 0 radical (unpaired) electrons. The summed E-state index contributed by atoms with van der Waals surface area (Å²) in [6, 6.07) is -0.225. The monoisotopic (exact) mass is 253 g/mol. The van der Waals surface area contributed by atoms with Crippen LogP contribution in [0, 0.1) is 13.8 Å². The van der Waals surface area contributed by atoms with Crippen LogP contribution in [0.3, 0.4) is 0 Å². The van der Waals surface area contributed by atoms with E-state index in [9.17, 15) is 9.90 Å². The number of aliphatic hydroxyl groups is 1. The van der Waals surface area contributed by atoms with Crippen LogP contribution in [0.1, 0.15) is 37.1 Å². The maximum Gasteiger partial charge on any atom is 0.322 e. The molecule has 0 atom stereocenters. The van der Waals surface area contributed by atoms with E-state index < -0.39 is 11.6 Å². The van der Waals surface area contributed by atoms with Crippen LogP contribution in [-0.4, -0.2) is 28.3 Å². The number of aromatic nitrogens is 1. The van der Waals surface area contributed by atoms with E-state index in [1.165, 1.54) is 0 Å². The van der Waals surface area contributed by atoms with E-state index in [4.69, 9.17) is 4.42 Å². The van der Waals surface area contributed by atoms with Gasteiger partial charge in [0.05, 0.1) is 11.3 Å². The lowest BCUT2D eigenvalue weighted by atomic mass is 10.0. The molecule has 0 saturated heterocycles. The Morgan fingerprint density at radius 2 is 2.11 bits per heavy atom. The molecule has 1 saturated carbocycles. The lowest BCUT2D eigenvalue weighted by Gasteiger charge is -2.22. The van der Waals surface area contributed by atoms with Crippen LogP contribution < -0.4 is 10.6 Å². The molecule has 1 aliphatic carbocycles. The molecule has 6 heteroatoms. The number of carbonyl (C=O) groups is 1. The normalized spacial score (nSPS) is 17.7. The van der Waals surface area contributed by atoms with Crippen LogP contribution in [0.2, 0.25) is 0 Å². The largest absolute Gasteiger partial charge is 0.428 e. The smallest absolute Gasteiger partial charge is 0.322 e. The third-order valence-corrected chi connectivity index (χ3v) is 3.36. The maximum absolute atomic E-state index is 11.6. The summed E-state index contributed by atoms with van der Waals surface area (Å²) in [4.78, 5) is 15.6. The van der Waals surface area contributed by atoms with E-state index in [1.807, 2.05) is 6.92 Å². The van der Waals surface area contributed by atoms with Gasteiger partial charge in [-0.1, -0.05) is 12.8 Å². The van der Waals surface area contributed by atoms with E-state index >= 15 is 0 Å². The van der Waals surface area contributed by atoms with Crippen LogP contribution in [0.15, 0.2) is 4.42 Å². The van der Waals surface area contributed by atoms with Crippen molar-refractivity contribution < 1.29 is 14.3 Å². The lowest BCUT2D eigenvalue weighted by molar-refractivity contribution is 0.0506. The fourth-order valence-corrected chi connectivity index (χ4v) is 2.12. The number of hydrogen-bond donors (Lipinski definition) is 3. The van der Waals surface area contributed by atoms with E-state index in [2.05, 4.69) is 15.6 Å². The van der Waals surface area contributed by atoms with Crippen LogP contribution in [0.25, 0.3) is 0 Å². The highest BCUT2D eigenvalue weighted by atomic mass is 16.4. The first kappa shape index (κ1) is 12.9. The van der Waals surface area contributed by atoms with Gasteiger partial charge >= 0.3 is 12.0 Å². The summed E-state index contributed by atoms with van der Waals surface area (Å²) in [7, 11) is 0. The highest BCUT2D eigenvalue weighted by Crippen LogP contribution is 2.28. The van der Waals surface area contributed by atoms with E-state index in [-0.39, 0.29) is 12.6 Å². The summed E-state index contributed by atoms with van der Waals surface area (Å²) in [6.07, 6.45) is 3.50. The van der Waals surface area contributed by atoms with Crippen molar-refractivity contribution in [3.63, 3.8) is 0 Å². The molecule has 1 fully saturated rings. The number of amides is 2. The minimum Gasteiger partial charge on any atom is -0.428 e. The highest BCUT2D eigenvalue weighted by Gasteiger charge is 2.31. The highest BCUT2D eigenvalue weighted by molar-refractivity contribution is 5.87. The molecule has 0 aromatic carbocycles. The maximum atomic E-state index is 11.6. The van der Waals surface area contributed by atoms with E-state index in [0.717, 1.165) is 31.4 Å². The molecule has 3 N–H and O–H groups in total. The molecule has 1 aromatic rings. The molecule has 18 heavy (non-hydrogen) atoms. The Labute approximate surface area is 106 Å². The number of nitrogens with zero attached hydrogens (tertiary/aromatic N) is 1. The van der Waals surface area contributed by atoms with Gasteiger partial charge in [0.1, 0.15) is 5.76 Å². The Bertz CT molecular complexity index is 416. The van der Waals surface area contributed by atoms with Gasteiger partial charge < -0.3 is 14.8 Å². The lowest BCUT2D eigenvalue weighted by Crippen LogP contribution is -2.42. The molecule has 2 amide bonds. The minimum absolute atomic E-state index is 0.181. The van der Waals surface area contributed by atoms with Gasteiger partial charge in [-0.25, -0.2) is 4.79 Å². The first-order chi connectivity index (χ1) is 8.48. The van der Waals surface area contributed by atoms with Crippen LogP contribution in [0.4, 0.5) is 10.8 Å². The summed E-state index contributed by atoms with van der Waals surface area (Å²) >= 11 is 0. The number of rotatable bonds is 3. The van der Waals surface area contributed by atoms with Crippen molar-refractivity contribution in [1.29, 1.82) is 0 Å². The molecule has 0 bridgehead atoms. The number of hydrogen-bond acceptors (Lipinski definition) is 4. The molecule has 1 aromatic heterocycles. The fourth-order valence-electron chi connectivity index (χ4n) is 2.12. The predicted molar refractivity (Wildman–Crippen MR) is 66.4 cm³/mol. The molecule has 0 unspecified atom stereocenters. The molecule has 1 heterocycles. The van der Waals surface area contributed by atoms with Crippen molar-refractivity contribution in [2.75, 3.05) is 11.9 Å². The standard InChI is InChI=1S/C12H19N3O3/c1-8-9(2)18-11(14-8)15-10(16)13-7-12(17)5-3-4-6-12/h17H,3-7H2,1-2H3,(H2,13,14,15,16). The van der Waals surface area contributed by atoms with E-state index in [0.29, 0.717) is 5.76 Å². The van der Waals surface area contributed by atoms with E-state index in [1.54, 1.807) is 6.92 Å². The van der Waals surface area contributed by atoms with Gasteiger partial charge in [-0.2, -0.15) is 4.98 Å². The first-order valence-electron chi connectivity index (χ1n) is 6.20. The Hall–Kier alpha value is -1.56. The van der Waals surface area contributed by atoms with Crippen molar-refractivity contribution >= 4 is 12.0 Å². The third kappa shape index (κ3) is 3.01. The summed E-state index contributed by atoms with van der Waals surface area (Å²) in [5, 5.41) is 15.2. The number of urea groups is 1. The van der Waals surface area contributed by atoms with Gasteiger partial charge in [-0.3, -0.25) is 5.32 Å². The predicted octanol–water partition coefficient (Wildman–Crippen LogP) is 1.72. The summed E-state index contributed by atoms with van der Waals surface area (Å²) in [5.41, 5.74) is -0.000490. The zero-order valence-corrected chi connectivity index (χ0v) is 10.7. The molecule has 2 rings (SSSR count). The number of carbonyl (C=O) groups excluding carboxylic acids is 1. The fraction of sp³-hybridized carbons (Fsp3) is 0.667. The number of anilines is 1. The Kier molecular flexibility index (Phi) is 3.56. The van der Waals surface area contributed by atoms with Crippen molar-refractivity contribution in [3.05, 3.63) is 11.5 Å². The second-order valence-corrected chi connectivity index (χ2v) is 4.90. The molecule has 6 nitrogen and oxygen atoms in total. The third-order valence-electron chi connectivity index (χ3n) is 3.36. The van der Waals surface area contributed by atoms with Gasteiger partial charge in [0.2, 0.25) is 0 Å². The van der Waals surface area contributed by atoms with Gasteiger partial charge in [0.15, 0.2) is 0 Å². The number of aryl methyl sites for hydroxylation is 2. The minimum atomic E-state index is -0.750. The van der Waals surface area contributed by atoms with Gasteiger partial charge in [0.25, 0.3) is 0 Å². The van der Waals surface area contributed by atoms with Crippen molar-refractivity contribution in [3.8, 4) is 0 Å². The number of oxazole rings is 1. The SMILES string of the molecule is Cc1nc(NC(=O)NCC2(O)CCCC2)oc1C. The van der Waals surface area contributed by atoms with Crippen LogP contribution in [-0.2, 0) is 0 Å². The van der Waals surface area contributed by atoms with Crippen molar-refractivity contribution in [2.24, 2.45) is 0 Å². The average Bonchev–Trinajstić information content (AvgIpc) is 2.85. The van der Waals surface area contributed by atoms with Gasteiger partial charge in [-0.15, -0.1) is 0 Å². The Morgan fingerprint density at radius 1 is 1.44 bits per heavy atom. The van der Waals surface area contributed by atoms with Gasteiger partial charge in [0, 0.05) is 6.54 Å². The Balaban J connectivity index is 1.82. The zero-order valence-electron chi connectivity index (χ0n) is 10.7. The van der Waals surface area contributed by atoms with Crippen molar-refractivity contribution in [1.82, 2.24) is 10.3 Å². The van der Waals surface area contributed by atoms with Crippen LogP contribution in [0.5, 0.6) is 0 Å². The topological polar surface area (TPSA) is 87.4 Å². The molecule has 0 aliphatic heterocycles. The quantitative estimate of drug-likeness (QED) is 0.765. The molecular weight excluding hydrogens is 234 g/mol. The zero-order chi connectivity index (χ0) is 13.2. The second-order valence-electron chi connectivity index (χ2n) is 4.90. The summed E-state index contributed by atoms with van der Waals surface area (Å²) in [6.45, 7) is 3.85. The van der Waals surface area contributed by atoms with Gasteiger partial charge in [-0.05, 0) is 26.7 Å². The Morgan fingerprint density at radius 3 is 2.67 bits per heavy atom. The molecule has 100 valence electrons. The molecule has 0 spiro atoms. The summed E-state index contributed by atoms with van der Waals surface area (Å²) in [5.74, 6) is 0.680. The summed E-state index contributed by atoms with van der Waals surface area (Å²) < 4.78 is 5.24. The second kappa shape index (κ2) is 4.97. The first-order valence-corrected chi connectivity index (χ1v) is 6.20. The molecular formula is C12H19N3O3.